The molecule has 1 atom stereocenters. The summed E-state index contributed by atoms with van der Waals surface area (Å²) in [5, 5.41) is 3.25. The topological polar surface area (TPSA) is 49.4 Å². The molecule has 20 heavy (non-hydrogen) atoms. The van der Waals surface area contributed by atoms with Gasteiger partial charge in [0.1, 0.15) is 4.21 Å². The molecule has 0 aromatic carbocycles. The van der Waals surface area contributed by atoms with E-state index < -0.39 is 10.0 Å². The van der Waals surface area contributed by atoms with Gasteiger partial charge in [-0.05, 0) is 44.5 Å². The summed E-state index contributed by atoms with van der Waals surface area (Å²) >= 11 is 1.38. The first-order valence-corrected chi connectivity index (χ1v) is 9.33. The largest absolute Gasteiger partial charge is 0.317 e. The zero-order chi connectivity index (χ0) is 15.3. The Morgan fingerprint density at radius 2 is 1.95 bits per heavy atom. The van der Waals surface area contributed by atoms with Crippen LogP contribution in [0.5, 0.6) is 0 Å². The van der Waals surface area contributed by atoms with Crippen LogP contribution in [0.15, 0.2) is 16.3 Å². The lowest BCUT2D eigenvalue weighted by atomic mass is 10.1. The third-order valence-electron chi connectivity index (χ3n) is 3.61. The van der Waals surface area contributed by atoms with E-state index in [4.69, 9.17) is 0 Å². The molecule has 0 saturated heterocycles. The van der Waals surface area contributed by atoms with E-state index in [1.54, 1.807) is 13.1 Å². The second-order valence-electron chi connectivity index (χ2n) is 5.33. The highest BCUT2D eigenvalue weighted by atomic mass is 32.2. The van der Waals surface area contributed by atoms with Crippen LogP contribution in [-0.4, -0.2) is 38.9 Å². The fourth-order valence-electron chi connectivity index (χ4n) is 1.80. The first kappa shape index (κ1) is 17.6. The molecule has 0 saturated carbocycles. The first-order valence-electron chi connectivity index (χ1n) is 7.08. The number of hydrogen-bond donors (Lipinski definition) is 1. The number of nitrogens with zero attached hydrogens (tertiary/aromatic N) is 1. The SMILES string of the molecule is CCNCCc1ccc(S(=O)(=O)N(C)C(C)C(C)C)s1. The van der Waals surface area contributed by atoms with Crippen LogP contribution in [0, 0.1) is 5.92 Å². The van der Waals surface area contributed by atoms with Crippen LogP contribution in [0.4, 0.5) is 0 Å². The van der Waals surface area contributed by atoms with Gasteiger partial charge in [-0.15, -0.1) is 11.3 Å². The average molecular weight is 319 g/mol. The van der Waals surface area contributed by atoms with Crippen molar-refractivity contribution in [2.24, 2.45) is 5.92 Å². The van der Waals surface area contributed by atoms with Crippen LogP contribution in [0.25, 0.3) is 0 Å². The Balaban J connectivity index is 2.83. The Kier molecular flexibility index (Phi) is 6.64. The molecule has 0 fully saturated rings. The lowest BCUT2D eigenvalue weighted by molar-refractivity contribution is 0.316. The molecule has 0 aliphatic carbocycles. The van der Waals surface area contributed by atoms with Crippen LogP contribution in [0.1, 0.15) is 32.6 Å². The van der Waals surface area contributed by atoms with Crippen molar-refractivity contribution in [3.8, 4) is 0 Å². The van der Waals surface area contributed by atoms with E-state index in [0.717, 1.165) is 24.4 Å². The molecule has 0 aliphatic rings. The number of rotatable bonds is 8. The minimum atomic E-state index is -3.36. The minimum absolute atomic E-state index is 0.00712. The highest BCUT2D eigenvalue weighted by molar-refractivity contribution is 7.91. The van der Waals surface area contributed by atoms with E-state index >= 15 is 0 Å². The van der Waals surface area contributed by atoms with Gasteiger partial charge in [0.15, 0.2) is 0 Å². The van der Waals surface area contributed by atoms with Crippen molar-refractivity contribution in [2.45, 2.75) is 44.4 Å². The maximum atomic E-state index is 12.5. The Morgan fingerprint density at radius 1 is 1.30 bits per heavy atom. The molecule has 0 amide bonds. The maximum absolute atomic E-state index is 12.5. The number of likely N-dealkylation sites (N-methyl/N-ethyl adjacent to an activating group) is 1. The van der Waals surface area contributed by atoms with Crippen molar-refractivity contribution >= 4 is 21.4 Å². The van der Waals surface area contributed by atoms with Gasteiger partial charge in [-0.25, -0.2) is 8.42 Å². The van der Waals surface area contributed by atoms with Gasteiger partial charge in [-0.1, -0.05) is 20.8 Å². The van der Waals surface area contributed by atoms with E-state index in [1.165, 1.54) is 15.6 Å². The second-order valence-corrected chi connectivity index (χ2v) is 8.72. The molecule has 1 rings (SSSR count). The van der Waals surface area contributed by atoms with E-state index in [0.29, 0.717) is 10.1 Å². The minimum Gasteiger partial charge on any atom is -0.317 e. The van der Waals surface area contributed by atoms with E-state index in [2.05, 4.69) is 12.2 Å². The highest BCUT2D eigenvalue weighted by Crippen LogP contribution is 2.26. The van der Waals surface area contributed by atoms with Crippen LogP contribution < -0.4 is 5.32 Å². The fraction of sp³-hybridized carbons (Fsp3) is 0.714. The summed E-state index contributed by atoms with van der Waals surface area (Å²) < 4.78 is 27.0. The predicted molar refractivity (Wildman–Crippen MR) is 85.8 cm³/mol. The second kappa shape index (κ2) is 7.54. The quantitative estimate of drug-likeness (QED) is 0.750. The number of sulfonamides is 1. The van der Waals surface area contributed by atoms with Gasteiger partial charge in [-0.3, -0.25) is 0 Å². The lowest BCUT2D eigenvalue weighted by Gasteiger charge is -2.26. The molecule has 0 spiro atoms. The molecule has 1 N–H and O–H groups in total. The van der Waals surface area contributed by atoms with Gasteiger partial charge in [0, 0.05) is 18.0 Å². The summed E-state index contributed by atoms with van der Waals surface area (Å²) in [5.74, 6) is 0.294. The van der Waals surface area contributed by atoms with Gasteiger partial charge in [0.05, 0.1) is 0 Å². The summed E-state index contributed by atoms with van der Waals surface area (Å²) in [6.07, 6.45) is 0.872. The molecule has 116 valence electrons. The summed E-state index contributed by atoms with van der Waals surface area (Å²) in [4.78, 5) is 1.11. The molecular weight excluding hydrogens is 292 g/mol. The standard InChI is InChI=1S/C14H26N2O2S2/c1-6-15-10-9-13-7-8-14(19-13)20(17,18)16(5)12(4)11(2)3/h7-8,11-12,15H,6,9-10H2,1-5H3. The van der Waals surface area contributed by atoms with E-state index in [1.807, 2.05) is 26.8 Å². The molecule has 0 aliphatic heterocycles. The van der Waals surface area contributed by atoms with Crippen molar-refractivity contribution in [1.29, 1.82) is 0 Å². The average Bonchev–Trinajstić information content (AvgIpc) is 2.86. The monoisotopic (exact) mass is 318 g/mol. The molecule has 6 heteroatoms. The van der Waals surface area contributed by atoms with Crippen molar-refractivity contribution in [2.75, 3.05) is 20.1 Å². The molecule has 0 radical (unpaired) electrons. The smallest absolute Gasteiger partial charge is 0.252 e. The summed E-state index contributed by atoms with van der Waals surface area (Å²) in [6.45, 7) is 9.90. The predicted octanol–water partition coefficient (Wildman–Crippen LogP) is 2.57. The van der Waals surface area contributed by atoms with Crippen molar-refractivity contribution in [3.05, 3.63) is 17.0 Å². The molecule has 4 nitrogen and oxygen atoms in total. The molecule has 1 aromatic rings. The van der Waals surface area contributed by atoms with Crippen molar-refractivity contribution < 1.29 is 8.42 Å². The molecule has 0 bridgehead atoms. The Labute approximate surface area is 127 Å². The highest BCUT2D eigenvalue weighted by Gasteiger charge is 2.28. The maximum Gasteiger partial charge on any atom is 0.252 e. The van der Waals surface area contributed by atoms with E-state index in [-0.39, 0.29) is 6.04 Å². The third-order valence-corrected chi connectivity index (χ3v) is 7.16. The number of hydrogen-bond acceptors (Lipinski definition) is 4. The van der Waals surface area contributed by atoms with Crippen LogP contribution in [0.3, 0.4) is 0 Å². The van der Waals surface area contributed by atoms with Gasteiger partial charge in [-0.2, -0.15) is 4.31 Å². The van der Waals surface area contributed by atoms with Gasteiger partial charge in [0.2, 0.25) is 0 Å². The first-order chi connectivity index (χ1) is 9.30. The third kappa shape index (κ3) is 4.28. The number of thiophene rings is 1. The Bertz CT molecular complexity index is 509. The van der Waals surface area contributed by atoms with Gasteiger partial charge in [0.25, 0.3) is 10.0 Å². The van der Waals surface area contributed by atoms with Crippen LogP contribution in [0.2, 0.25) is 0 Å². The Hall–Kier alpha value is -0.430. The molecule has 1 aromatic heterocycles. The fourth-order valence-corrected chi connectivity index (χ4v) is 4.84. The van der Waals surface area contributed by atoms with Gasteiger partial charge >= 0.3 is 0 Å². The summed E-state index contributed by atoms with van der Waals surface area (Å²) in [6, 6.07) is 3.64. The normalized spacial score (nSPS) is 14.2. The zero-order valence-electron chi connectivity index (χ0n) is 13.0. The van der Waals surface area contributed by atoms with Crippen LogP contribution >= 0.6 is 11.3 Å². The molecular formula is C14H26N2O2S2. The lowest BCUT2D eigenvalue weighted by Crippen LogP contribution is -2.37. The molecule has 1 heterocycles. The van der Waals surface area contributed by atoms with Crippen molar-refractivity contribution in [3.63, 3.8) is 0 Å². The van der Waals surface area contributed by atoms with Gasteiger partial charge < -0.3 is 5.32 Å². The number of nitrogens with one attached hydrogen (secondary N) is 1. The van der Waals surface area contributed by atoms with E-state index in [9.17, 15) is 8.42 Å². The van der Waals surface area contributed by atoms with Crippen LogP contribution in [-0.2, 0) is 16.4 Å². The summed E-state index contributed by atoms with van der Waals surface area (Å²) in [5.41, 5.74) is 0. The molecule has 1 unspecified atom stereocenters. The van der Waals surface area contributed by atoms with Crippen molar-refractivity contribution in [1.82, 2.24) is 9.62 Å². The zero-order valence-corrected chi connectivity index (χ0v) is 14.6. The Morgan fingerprint density at radius 3 is 2.50 bits per heavy atom. The summed E-state index contributed by atoms with van der Waals surface area (Å²) in [7, 11) is -1.70.